The van der Waals surface area contributed by atoms with Crippen molar-refractivity contribution in [2.45, 2.75) is 6.92 Å². The Bertz CT molecular complexity index is 504. The van der Waals surface area contributed by atoms with Gasteiger partial charge in [-0.25, -0.2) is 9.18 Å². The smallest absolute Gasteiger partial charge is 0.354 e. The van der Waals surface area contributed by atoms with Gasteiger partial charge in [0.1, 0.15) is 11.5 Å². The van der Waals surface area contributed by atoms with Gasteiger partial charge >= 0.3 is 5.97 Å². The van der Waals surface area contributed by atoms with Gasteiger partial charge < -0.3 is 9.72 Å². The Morgan fingerprint density at radius 2 is 2.33 bits per heavy atom. The summed E-state index contributed by atoms with van der Waals surface area (Å²) in [7, 11) is 0. The Morgan fingerprint density at radius 1 is 1.53 bits per heavy atom. The lowest BCUT2D eigenvalue weighted by Gasteiger charge is -1.96. The van der Waals surface area contributed by atoms with Crippen molar-refractivity contribution >= 4 is 16.9 Å². The maximum Gasteiger partial charge on any atom is 0.354 e. The molecule has 1 N–H and O–H groups in total. The zero-order valence-corrected chi connectivity index (χ0v) is 8.21. The average molecular weight is 207 g/mol. The number of aromatic nitrogens is 1. The third-order valence-corrected chi connectivity index (χ3v) is 2.11. The van der Waals surface area contributed by atoms with Crippen LogP contribution in [0.15, 0.2) is 24.3 Å². The second-order valence-electron chi connectivity index (χ2n) is 3.10. The van der Waals surface area contributed by atoms with Crippen molar-refractivity contribution in [3.05, 3.63) is 35.8 Å². The van der Waals surface area contributed by atoms with Gasteiger partial charge in [0.2, 0.25) is 0 Å². The monoisotopic (exact) mass is 207 g/mol. The van der Waals surface area contributed by atoms with Crippen LogP contribution in [0.25, 0.3) is 10.9 Å². The SMILES string of the molecule is CCOC(=O)c1cc2c(F)cccc2[nH]1. The van der Waals surface area contributed by atoms with E-state index in [0.29, 0.717) is 17.5 Å². The molecule has 4 heteroatoms. The van der Waals surface area contributed by atoms with E-state index in [2.05, 4.69) is 4.98 Å². The van der Waals surface area contributed by atoms with Gasteiger partial charge in [-0.05, 0) is 25.1 Å². The molecule has 1 aromatic heterocycles. The highest BCUT2D eigenvalue weighted by molar-refractivity contribution is 5.94. The molecule has 1 aromatic carbocycles. The first kappa shape index (κ1) is 9.71. The number of hydrogen-bond donors (Lipinski definition) is 1. The Morgan fingerprint density at radius 3 is 3.00 bits per heavy atom. The number of H-pyrrole nitrogens is 1. The van der Waals surface area contributed by atoms with E-state index in [1.807, 2.05) is 0 Å². The summed E-state index contributed by atoms with van der Waals surface area (Å²) in [5, 5.41) is 0.403. The van der Waals surface area contributed by atoms with Gasteiger partial charge in [0.15, 0.2) is 0 Å². The Hall–Kier alpha value is -1.84. The highest BCUT2D eigenvalue weighted by Crippen LogP contribution is 2.18. The van der Waals surface area contributed by atoms with E-state index in [1.54, 1.807) is 19.1 Å². The molecule has 0 amide bonds. The van der Waals surface area contributed by atoms with Crippen LogP contribution in [0.4, 0.5) is 4.39 Å². The number of hydrogen-bond acceptors (Lipinski definition) is 2. The molecule has 3 nitrogen and oxygen atoms in total. The third-order valence-electron chi connectivity index (χ3n) is 2.11. The summed E-state index contributed by atoms with van der Waals surface area (Å²) in [6, 6.07) is 6.11. The van der Waals surface area contributed by atoms with Crippen LogP contribution in [-0.4, -0.2) is 17.6 Å². The molecular formula is C11H10FNO2. The minimum absolute atomic E-state index is 0.275. The fourth-order valence-electron chi connectivity index (χ4n) is 1.44. The van der Waals surface area contributed by atoms with Gasteiger partial charge in [-0.1, -0.05) is 6.07 Å². The molecule has 0 spiro atoms. The van der Waals surface area contributed by atoms with Crippen molar-refractivity contribution in [1.82, 2.24) is 4.98 Å². The number of aromatic amines is 1. The highest BCUT2D eigenvalue weighted by Gasteiger charge is 2.11. The molecule has 15 heavy (non-hydrogen) atoms. The predicted octanol–water partition coefficient (Wildman–Crippen LogP) is 2.48. The van der Waals surface area contributed by atoms with E-state index in [9.17, 15) is 9.18 Å². The summed E-state index contributed by atoms with van der Waals surface area (Å²) in [5.41, 5.74) is 0.870. The molecule has 0 bridgehead atoms. The van der Waals surface area contributed by atoms with Crippen LogP contribution in [0.3, 0.4) is 0 Å². The van der Waals surface area contributed by atoms with E-state index in [1.165, 1.54) is 12.1 Å². The van der Waals surface area contributed by atoms with Crippen molar-refractivity contribution in [2.75, 3.05) is 6.61 Å². The van der Waals surface area contributed by atoms with Crippen LogP contribution in [0.1, 0.15) is 17.4 Å². The second kappa shape index (κ2) is 3.73. The maximum absolute atomic E-state index is 13.3. The van der Waals surface area contributed by atoms with Crippen LogP contribution in [0.5, 0.6) is 0 Å². The van der Waals surface area contributed by atoms with E-state index in [-0.39, 0.29) is 11.5 Å². The number of carbonyl (C=O) groups excluding carboxylic acids is 1. The van der Waals surface area contributed by atoms with E-state index in [4.69, 9.17) is 4.74 Å². The maximum atomic E-state index is 13.3. The number of rotatable bonds is 2. The van der Waals surface area contributed by atoms with Gasteiger partial charge in [-0.15, -0.1) is 0 Å². The molecule has 78 valence electrons. The largest absolute Gasteiger partial charge is 0.461 e. The van der Waals surface area contributed by atoms with Gasteiger partial charge in [-0.3, -0.25) is 0 Å². The van der Waals surface area contributed by atoms with Gasteiger partial charge in [0.05, 0.1) is 6.61 Å². The number of ether oxygens (including phenoxy) is 1. The number of halogens is 1. The molecule has 0 unspecified atom stereocenters. The number of benzene rings is 1. The lowest BCUT2D eigenvalue weighted by atomic mass is 10.2. The van der Waals surface area contributed by atoms with Crippen LogP contribution in [0, 0.1) is 5.82 Å². The minimum atomic E-state index is -0.465. The van der Waals surface area contributed by atoms with Gasteiger partial charge in [-0.2, -0.15) is 0 Å². The van der Waals surface area contributed by atoms with Crippen molar-refractivity contribution in [1.29, 1.82) is 0 Å². The number of fused-ring (bicyclic) bond motifs is 1. The zero-order chi connectivity index (χ0) is 10.8. The topological polar surface area (TPSA) is 42.1 Å². The fraction of sp³-hybridized carbons (Fsp3) is 0.182. The third kappa shape index (κ3) is 1.70. The molecule has 0 fully saturated rings. The highest BCUT2D eigenvalue weighted by atomic mass is 19.1. The molecule has 0 atom stereocenters. The average Bonchev–Trinajstić information content (AvgIpc) is 2.63. The number of carbonyl (C=O) groups is 1. The first-order valence-electron chi connectivity index (χ1n) is 4.66. The lowest BCUT2D eigenvalue weighted by Crippen LogP contribution is -2.04. The van der Waals surface area contributed by atoms with Crippen molar-refractivity contribution in [3.8, 4) is 0 Å². The standard InChI is InChI=1S/C11H10FNO2/c1-2-15-11(14)10-6-7-8(12)4-3-5-9(7)13-10/h3-6,13H,2H2,1H3. The summed E-state index contributed by atoms with van der Waals surface area (Å²) in [6.07, 6.45) is 0. The minimum Gasteiger partial charge on any atom is -0.461 e. The molecule has 0 saturated heterocycles. The van der Waals surface area contributed by atoms with Crippen LogP contribution in [-0.2, 0) is 4.74 Å². The molecule has 0 aliphatic carbocycles. The number of nitrogens with one attached hydrogen (secondary N) is 1. The zero-order valence-electron chi connectivity index (χ0n) is 8.21. The van der Waals surface area contributed by atoms with E-state index >= 15 is 0 Å². The predicted molar refractivity (Wildman–Crippen MR) is 54.2 cm³/mol. The Kier molecular flexibility index (Phi) is 2.41. The molecule has 0 aliphatic heterocycles. The second-order valence-corrected chi connectivity index (χ2v) is 3.10. The molecule has 2 aromatic rings. The summed E-state index contributed by atoms with van der Waals surface area (Å²) >= 11 is 0. The Balaban J connectivity index is 2.47. The first-order valence-corrected chi connectivity index (χ1v) is 4.66. The molecule has 0 aliphatic rings. The van der Waals surface area contributed by atoms with Crippen molar-refractivity contribution < 1.29 is 13.9 Å². The van der Waals surface area contributed by atoms with E-state index in [0.717, 1.165) is 0 Å². The van der Waals surface area contributed by atoms with Crippen LogP contribution < -0.4 is 0 Å². The number of esters is 1. The van der Waals surface area contributed by atoms with E-state index < -0.39 is 5.97 Å². The molecule has 1 heterocycles. The van der Waals surface area contributed by atoms with Crippen molar-refractivity contribution in [3.63, 3.8) is 0 Å². The quantitative estimate of drug-likeness (QED) is 0.768. The van der Waals surface area contributed by atoms with Gasteiger partial charge in [0, 0.05) is 10.9 Å². The fourth-order valence-corrected chi connectivity index (χ4v) is 1.44. The molecule has 2 rings (SSSR count). The summed E-state index contributed by atoms with van der Waals surface area (Å²) in [4.78, 5) is 14.2. The van der Waals surface area contributed by atoms with Crippen LogP contribution >= 0.6 is 0 Å². The van der Waals surface area contributed by atoms with Gasteiger partial charge in [0.25, 0.3) is 0 Å². The molecular weight excluding hydrogens is 197 g/mol. The summed E-state index contributed by atoms with van der Waals surface area (Å²) in [6.45, 7) is 2.03. The molecule has 0 radical (unpaired) electrons. The lowest BCUT2D eigenvalue weighted by molar-refractivity contribution is 0.0520. The van der Waals surface area contributed by atoms with Crippen molar-refractivity contribution in [2.24, 2.45) is 0 Å². The summed E-state index contributed by atoms with van der Waals surface area (Å²) in [5.74, 6) is -0.813. The first-order chi connectivity index (χ1) is 7.22. The van der Waals surface area contributed by atoms with Crippen LogP contribution in [0.2, 0.25) is 0 Å². The molecule has 0 saturated carbocycles. The summed E-state index contributed by atoms with van der Waals surface area (Å²) < 4.78 is 18.1. The normalized spacial score (nSPS) is 10.5. The Labute approximate surface area is 85.9 Å².